The van der Waals surface area contributed by atoms with E-state index in [4.69, 9.17) is 16.7 Å². The molecule has 22 heavy (non-hydrogen) atoms. The summed E-state index contributed by atoms with van der Waals surface area (Å²) in [4.78, 5) is 10.8. The molecule has 1 saturated heterocycles. The molecule has 6 nitrogen and oxygen atoms in total. The van der Waals surface area contributed by atoms with Gasteiger partial charge in [0, 0.05) is 6.54 Å². The van der Waals surface area contributed by atoms with Crippen LogP contribution in [-0.4, -0.2) is 43.0 Å². The molecule has 0 unspecified atom stereocenters. The number of aliphatic carboxylic acids is 1. The summed E-state index contributed by atoms with van der Waals surface area (Å²) in [5.41, 5.74) is 0. The molecule has 0 amide bonds. The molecule has 0 spiro atoms. The number of hydrogen-bond donors (Lipinski definition) is 1. The Labute approximate surface area is 130 Å². The SMILES string of the molecule is O=C(O)[C@H]1CCCN1S(=O)(=O)c1ccc(OC(F)F)c(Cl)c1. The minimum Gasteiger partial charge on any atom is -0.480 e. The Kier molecular flexibility index (Phi) is 4.88. The van der Waals surface area contributed by atoms with Crippen molar-refractivity contribution in [2.24, 2.45) is 0 Å². The Morgan fingerprint density at radius 2 is 2.14 bits per heavy atom. The first-order valence-electron chi connectivity index (χ1n) is 6.22. The highest BCUT2D eigenvalue weighted by atomic mass is 35.5. The highest BCUT2D eigenvalue weighted by Gasteiger charge is 2.39. The molecule has 0 bridgehead atoms. The number of carbonyl (C=O) groups is 1. The van der Waals surface area contributed by atoms with Gasteiger partial charge in [0.1, 0.15) is 11.8 Å². The molecule has 1 atom stereocenters. The van der Waals surface area contributed by atoms with E-state index >= 15 is 0 Å². The van der Waals surface area contributed by atoms with Crippen molar-refractivity contribution in [1.29, 1.82) is 0 Å². The van der Waals surface area contributed by atoms with E-state index in [2.05, 4.69) is 4.74 Å². The van der Waals surface area contributed by atoms with Crippen molar-refractivity contribution in [3.63, 3.8) is 0 Å². The summed E-state index contributed by atoms with van der Waals surface area (Å²) < 4.78 is 54.2. The first-order chi connectivity index (χ1) is 10.2. The van der Waals surface area contributed by atoms with Crippen LogP contribution in [0.5, 0.6) is 5.75 Å². The lowest BCUT2D eigenvalue weighted by atomic mass is 10.2. The number of nitrogens with zero attached hydrogens (tertiary/aromatic N) is 1. The predicted octanol–water partition coefficient (Wildman–Crippen LogP) is 2.18. The van der Waals surface area contributed by atoms with Crippen LogP contribution in [0.15, 0.2) is 23.1 Å². The Balaban J connectivity index is 2.34. The third-order valence-electron chi connectivity index (χ3n) is 3.21. The second-order valence-electron chi connectivity index (χ2n) is 4.58. The summed E-state index contributed by atoms with van der Waals surface area (Å²) in [6.07, 6.45) is 0.644. The summed E-state index contributed by atoms with van der Waals surface area (Å²) in [6, 6.07) is 1.88. The molecule has 2 rings (SSSR count). The molecular formula is C12H12ClF2NO5S. The predicted molar refractivity (Wildman–Crippen MR) is 72.6 cm³/mol. The Hall–Kier alpha value is -1.45. The average Bonchev–Trinajstić information content (AvgIpc) is 2.90. The highest BCUT2D eigenvalue weighted by Crippen LogP contribution is 2.32. The smallest absolute Gasteiger partial charge is 0.387 e. The lowest BCUT2D eigenvalue weighted by Gasteiger charge is -2.21. The van der Waals surface area contributed by atoms with Crippen LogP contribution < -0.4 is 4.74 Å². The third kappa shape index (κ3) is 3.31. The van der Waals surface area contributed by atoms with Crippen LogP contribution in [0.25, 0.3) is 0 Å². The maximum atomic E-state index is 12.5. The molecule has 1 heterocycles. The summed E-state index contributed by atoms with van der Waals surface area (Å²) in [5, 5.41) is 8.76. The molecule has 1 aromatic rings. The number of sulfonamides is 1. The quantitative estimate of drug-likeness (QED) is 0.875. The van der Waals surface area contributed by atoms with Gasteiger partial charge in [0.15, 0.2) is 0 Å². The number of carboxylic acid groups (broad SMARTS) is 1. The lowest BCUT2D eigenvalue weighted by Crippen LogP contribution is -2.40. The van der Waals surface area contributed by atoms with Crippen LogP contribution in [0.3, 0.4) is 0 Å². The molecule has 1 aromatic carbocycles. The van der Waals surface area contributed by atoms with Gasteiger partial charge in [-0.3, -0.25) is 4.79 Å². The third-order valence-corrected chi connectivity index (χ3v) is 5.41. The maximum absolute atomic E-state index is 12.5. The van der Waals surface area contributed by atoms with Gasteiger partial charge in [-0.1, -0.05) is 11.6 Å². The van der Waals surface area contributed by atoms with Crippen molar-refractivity contribution in [2.75, 3.05) is 6.54 Å². The average molecular weight is 356 g/mol. The van der Waals surface area contributed by atoms with Crippen LogP contribution in [-0.2, 0) is 14.8 Å². The molecule has 1 N–H and O–H groups in total. The second kappa shape index (κ2) is 6.35. The highest BCUT2D eigenvalue weighted by molar-refractivity contribution is 7.89. The molecule has 10 heteroatoms. The van der Waals surface area contributed by atoms with Gasteiger partial charge in [-0.05, 0) is 31.0 Å². The molecular weight excluding hydrogens is 344 g/mol. The number of halogens is 3. The number of hydrogen-bond acceptors (Lipinski definition) is 4. The zero-order valence-electron chi connectivity index (χ0n) is 11.1. The van der Waals surface area contributed by atoms with E-state index < -0.39 is 28.6 Å². The van der Waals surface area contributed by atoms with Crippen LogP contribution in [0.4, 0.5) is 8.78 Å². The van der Waals surface area contributed by atoms with Gasteiger partial charge in [-0.15, -0.1) is 0 Å². The molecule has 122 valence electrons. The van der Waals surface area contributed by atoms with E-state index in [0.29, 0.717) is 6.42 Å². The zero-order chi connectivity index (χ0) is 16.5. The molecule has 0 radical (unpaired) electrons. The molecule has 1 aliphatic rings. The Bertz CT molecular complexity index is 682. The summed E-state index contributed by atoms with van der Waals surface area (Å²) >= 11 is 5.73. The standard InChI is InChI=1S/C12H12ClF2NO5S/c13-8-6-7(3-4-10(8)21-12(14)15)22(19,20)16-5-1-2-9(16)11(17)18/h3-4,6,9,12H,1-2,5H2,(H,17,18)/t9-/m1/s1. The minimum atomic E-state index is -4.08. The Morgan fingerprint density at radius 1 is 1.45 bits per heavy atom. The monoisotopic (exact) mass is 355 g/mol. The van der Waals surface area contributed by atoms with E-state index in [1.165, 1.54) is 0 Å². The number of benzene rings is 1. The number of alkyl halides is 2. The van der Waals surface area contributed by atoms with E-state index in [-0.39, 0.29) is 28.6 Å². The van der Waals surface area contributed by atoms with E-state index in [1.807, 2.05) is 0 Å². The normalized spacial score (nSPS) is 19.5. The van der Waals surface area contributed by atoms with Crippen molar-refractivity contribution in [1.82, 2.24) is 4.31 Å². The first kappa shape index (κ1) is 16.9. The van der Waals surface area contributed by atoms with Crippen LogP contribution in [0, 0.1) is 0 Å². The summed E-state index contributed by atoms with van der Waals surface area (Å²) in [5.74, 6) is -1.59. The van der Waals surface area contributed by atoms with Crippen molar-refractivity contribution >= 4 is 27.6 Å². The fourth-order valence-electron chi connectivity index (χ4n) is 2.24. The summed E-state index contributed by atoms with van der Waals surface area (Å²) in [6.45, 7) is -3.01. The minimum absolute atomic E-state index is 0.0756. The van der Waals surface area contributed by atoms with Gasteiger partial charge in [0.2, 0.25) is 10.0 Å². The van der Waals surface area contributed by atoms with E-state index in [1.54, 1.807) is 0 Å². The van der Waals surface area contributed by atoms with Gasteiger partial charge < -0.3 is 9.84 Å². The summed E-state index contributed by atoms with van der Waals surface area (Å²) in [7, 11) is -4.08. The van der Waals surface area contributed by atoms with Crippen molar-refractivity contribution < 1.29 is 31.8 Å². The second-order valence-corrected chi connectivity index (χ2v) is 6.88. The first-order valence-corrected chi connectivity index (χ1v) is 8.04. The molecule has 0 saturated carbocycles. The Morgan fingerprint density at radius 3 is 2.68 bits per heavy atom. The number of ether oxygens (including phenoxy) is 1. The van der Waals surface area contributed by atoms with Crippen molar-refractivity contribution in [3.8, 4) is 5.75 Å². The lowest BCUT2D eigenvalue weighted by molar-refractivity contribution is -0.140. The number of rotatable bonds is 5. The number of carboxylic acids is 1. The van der Waals surface area contributed by atoms with E-state index in [9.17, 15) is 22.0 Å². The molecule has 1 aliphatic heterocycles. The van der Waals surface area contributed by atoms with Gasteiger partial charge in [-0.25, -0.2) is 8.42 Å². The zero-order valence-corrected chi connectivity index (χ0v) is 12.7. The van der Waals surface area contributed by atoms with Crippen LogP contribution in [0.1, 0.15) is 12.8 Å². The fraction of sp³-hybridized carbons (Fsp3) is 0.417. The topological polar surface area (TPSA) is 83.9 Å². The van der Waals surface area contributed by atoms with Gasteiger partial charge in [-0.2, -0.15) is 13.1 Å². The molecule has 0 aromatic heterocycles. The molecule has 0 aliphatic carbocycles. The maximum Gasteiger partial charge on any atom is 0.387 e. The van der Waals surface area contributed by atoms with Gasteiger partial charge in [0.25, 0.3) is 0 Å². The van der Waals surface area contributed by atoms with Gasteiger partial charge >= 0.3 is 12.6 Å². The largest absolute Gasteiger partial charge is 0.480 e. The van der Waals surface area contributed by atoms with E-state index in [0.717, 1.165) is 22.5 Å². The van der Waals surface area contributed by atoms with Crippen molar-refractivity contribution in [2.45, 2.75) is 30.4 Å². The van der Waals surface area contributed by atoms with Crippen LogP contribution >= 0.6 is 11.6 Å². The molecule has 1 fully saturated rings. The van der Waals surface area contributed by atoms with Crippen LogP contribution in [0.2, 0.25) is 5.02 Å². The van der Waals surface area contributed by atoms with Crippen molar-refractivity contribution in [3.05, 3.63) is 23.2 Å². The van der Waals surface area contributed by atoms with Gasteiger partial charge in [0.05, 0.1) is 9.92 Å². The fourth-order valence-corrected chi connectivity index (χ4v) is 4.21.